The predicted octanol–water partition coefficient (Wildman–Crippen LogP) is 1.32. The molecular weight excluding hydrogens is 250 g/mol. The summed E-state index contributed by atoms with van der Waals surface area (Å²) < 4.78 is 24.3. The van der Waals surface area contributed by atoms with Gasteiger partial charge in [0.25, 0.3) is 0 Å². The quantitative estimate of drug-likeness (QED) is 0.681. The molecule has 0 aliphatic heterocycles. The molecule has 0 fully saturated rings. The molecule has 1 rings (SSSR count). The maximum Gasteiger partial charge on any atom is 0.208 e. The van der Waals surface area contributed by atoms with Gasteiger partial charge in [0, 0.05) is 24.0 Å². The first-order chi connectivity index (χ1) is 8.28. The molecule has 6 heteroatoms. The molecule has 1 atom stereocenters. The predicted molar refractivity (Wildman–Crippen MR) is 76.1 cm³/mol. The maximum absolute atomic E-state index is 10.9. The van der Waals surface area contributed by atoms with E-state index in [1.54, 1.807) is 0 Å². The van der Waals surface area contributed by atoms with Crippen molar-refractivity contribution in [1.29, 1.82) is 0 Å². The van der Waals surface area contributed by atoms with Gasteiger partial charge in [-0.2, -0.15) is 0 Å². The van der Waals surface area contributed by atoms with Crippen LogP contribution in [0.3, 0.4) is 0 Å². The SMILES string of the molecule is Cc1cc(NC(C)CCNS(C)(=O)=O)ccc1N. The van der Waals surface area contributed by atoms with Crippen LogP contribution < -0.4 is 15.8 Å². The molecule has 1 aromatic rings. The average Bonchev–Trinajstić information content (AvgIpc) is 2.21. The molecule has 0 saturated carbocycles. The smallest absolute Gasteiger partial charge is 0.208 e. The molecule has 0 aliphatic carbocycles. The van der Waals surface area contributed by atoms with Gasteiger partial charge in [-0.25, -0.2) is 13.1 Å². The standard InChI is InChI=1S/C12H21N3O2S/c1-9-8-11(4-5-12(9)13)15-10(2)6-7-14-18(3,16)17/h4-5,8,10,14-15H,6-7,13H2,1-3H3. The van der Waals surface area contributed by atoms with Crippen molar-refractivity contribution in [1.82, 2.24) is 4.72 Å². The van der Waals surface area contributed by atoms with Gasteiger partial charge in [-0.1, -0.05) is 0 Å². The number of sulfonamides is 1. The van der Waals surface area contributed by atoms with Crippen LogP contribution in [0.25, 0.3) is 0 Å². The van der Waals surface area contributed by atoms with Crippen molar-refractivity contribution < 1.29 is 8.42 Å². The Hall–Kier alpha value is -1.27. The first kappa shape index (κ1) is 14.8. The highest BCUT2D eigenvalue weighted by Gasteiger charge is 2.05. The number of hydrogen-bond acceptors (Lipinski definition) is 4. The van der Waals surface area contributed by atoms with Gasteiger partial charge in [-0.3, -0.25) is 0 Å². The number of benzene rings is 1. The minimum Gasteiger partial charge on any atom is -0.399 e. The summed E-state index contributed by atoms with van der Waals surface area (Å²) in [5.74, 6) is 0. The lowest BCUT2D eigenvalue weighted by Gasteiger charge is -2.16. The molecule has 4 N–H and O–H groups in total. The van der Waals surface area contributed by atoms with Crippen LogP contribution in [-0.4, -0.2) is 27.3 Å². The summed E-state index contributed by atoms with van der Waals surface area (Å²) in [7, 11) is -3.10. The molecule has 5 nitrogen and oxygen atoms in total. The van der Waals surface area contributed by atoms with Gasteiger partial charge in [0.05, 0.1) is 6.26 Å². The Morgan fingerprint density at radius 2 is 2.06 bits per heavy atom. The van der Waals surface area contributed by atoms with E-state index in [1.165, 1.54) is 0 Å². The van der Waals surface area contributed by atoms with Crippen LogP contribution in [0.5, 0.6) is 0 Å². The molecule has 18 heavy (non-hydrogen) atoms. The van der Waals surface area contributed by atoms with Crippen LogP contribution >= 0.6 is 0 Å². The monoisotopic (exact) mass is 271 g/mol. The molecule has 1 unspecified atom stereocenters. The van der Waals surface area contributed by atoms with Gasteiger partial charge in [0.1, 0.15) is 0 Å². The summed E-state index contributed by atoms with van der Waals surface area (Å²) in [4.78, 5) is 0. The van der Waals surface area contributed by atoms with E-state index in [9.17, 15) is 8.42 Å². The molecule has 0 spiro atoms. The second kappa shape index (κ2) is 6.06. The fourth-order valence-corrected chi connectivity index (χ4v) is 2.07. The van der Waals surface area contributed by atoms with E-state index < -0.39 is 10.0 Å². The van der Waals surface area contributed by atoms with E-state index in [1.807, 2.05) is 32.0 Å². The lowest BCUT2D eigenvalue weighted by molar-refractivity contribution is 0.581. The first-order valence-corrected chi connectivity index (χ1v) is 7.74. The highest BCUT2D eigenvalue weighted by molar-refractivity contribution is 7.88. The molecule has 1 aromatic carbocycles. The normalized spacial score (nSPS) is 13.3. The summed E-state index contributed by atoms with van der Waals surface area (Å²) in [6.45, 7) is 4.40. The number of hydrogen-bond donors (Lipinski definition) is 3. The fourth-order valence-electron chi connectivity index (χ4n) is 1.58. The third-order valence-corrected chi connectivity index (χ3v) is 3.35. The van der Waals surface area contributed by atoms with E-state index in [0.717, 1.165) is 29.6 Å². The zero-order valence-electron chi connectivity index (χ0n) is 11.0. The molecule has 0 aromatic heterocycles. The number of rotatable bonds is 6. The lowest BCUT2D eigenvalue weighted by Crippen LogP contribution is -2.27. The van der Waals surface area contributed by atoms with E-state index in [2.05, 4.69) is 10.0 Å². The fraction of sp³-hybridized carbons (Fsp3) is 0.500. The third kappa shape index (κ3) is 5.37. The minimum atomic E-state index is -3.10. The van der Waals surface area contributed by atoms with Gasteiger partial charge in [-0.05, 0) is 44.0 Å². The molecule has 0 radical (unpaired) electrons. The lowest BCUT2D eigenvalue weighted by atomic mass is 10.1. The Labute approximate surface area is 109 Å². The summed E-state index contributed by atoms with van der Waals surface area (Å²) in [6, 6.07) is 5.94. The molecule has 0 amide bonds. The molecule has 0 bridgehead atoms. The van der Waals surface area contributed by atoms with Gasteiger partial charge in [-0.15, -0.1) is 0 Å². The molecule has 0 heterocycles. The number of aryl methyl sites for hydroxylation is 1. The Morgan fingerprint density at radius 3 is 2.61 bits per heavy atom. The minimum absolute atomic E-state index is 0.183. The Kier molecular flexibility index (Phi) is 4.98. The first-order valence-electron chi connectivity index (χ1n) is 5.85. The van der Waals surface area contributed by atoms with Crippen molar-refractivity contribution in [3.8, 4) is 0 Å². The summed E-state index contributed by atoms with van der Waals surface area (Å²) in [5, 5.41) is 3.31. The average molecular weight is 271 g/mol. The molecule has 0 aliphatic rings. The zero-order valence-corrected chi connectivity index (χ0v) is 11.8. The van der Waals surface area contributed by atoms with Gasteiger partial charge in [0.15, 0.2) is 0 Å². The Balaban J connectivity index is 2.44. The summed E-state index contributed by atoms with van der Waals surface area (Å²) in [6.07, 6.45) is 1.88. The second-order valence-electron chi connectivity index (χ2n) is 4.57. The van der Waals surface area contributed by atoms with E-state index in [0.29, 0.717) is 6.54 Å². The van der Waals surface area contributed by atoms with Gasteiger partial charge < -0.3 is 11.1 Å². The number of anilines is 2. The van der Waals surface area contributed by atoms with Crippen LogP contribution in [0.2, 0.25) is 0 Å². The van der Waals surface area contributed by atoms with Crippen molar-refractivity contribution in [2.75, 3.05) is 23.9 Å². The highest BCUT2D eigenvalue weighted by atomic mass is 32.2. The molecular formula is C12H21N3O2S. The van der Waals surface area contributed by atoms with Gasteiger partial charge in [0.2, 0.25) is 10.0 Å². The van der Waals surface area contributed by atoms with Crippen LogP contribution in [0.1, 0.15) is 18.9 Å². The summed E-state index contributed by atoms with van der Waals surface area (Å²) in [5.41, 5.74) is 8.54. The Morgan fingerprint density at radius 1 is 1.39 bits per heavy atom. The van der Waals surface area contributed by atoms with Crippen LogP contribution in [-0.2, 0) is 10.0 Å². The van der Waals surface area contributed by atoms with Crippen LogP contribution in [0.4, 0.5) is 11.4 Å². The van der Waals surface area contributed by atoms with Crippen molar-refractivity contribution in [3.05, 3.63) is 23.8 Å². The van der Waals surface area contributed by atoms with E-state index >= 15 is 0 Å². The second-order valence-corrected chi connectivity index (χ2v) is 6.40. The number of nitrogen functional groups attached to an aromatic ring is 1. The van der Waals surface area contributed by atoms with E-state index in [4.69, 9.17) is 5.73 Å². The van der Waals surface area contributed by atoms with Crippen molar-refractivity contribution in [3.63, 3.8) is 0 Å². The molecule has 102 valence electrons. The zero-order chi connectivity index (χ0) is 13.8. The van der Waals surface area contributed by atoms with Gasteiger partial charge >= 0.3 is 0 Å². The van der Waals surface area contributed by atoms with Crippen molar-refractivity contribution >= 4 is 21.4 Å². The number of nitrogens with two attached hydrogens (primary N) is 1. The summed E-state index contributed by atoms with van der Waals surface area (Å²) >= 11 is 0. The largest absolute Gasteiger partial charge is 0.399 e. The van der Waals surface area contributed by atoms with E-state index in [-0.39, 0.29) is 6.04 Å². The topological polar surface area (TPSA) is 84.2 Å². The van der Waals surface area contributed by atoms with Crippen molar-refractivity contribution in [2.45, 2.75) is 26.3 Å². The maximum atomic E-state index is 10.9. The van der Waals surface area contributed by atoms with Crippen LogP contribution in [0, 0.1) is 6.92 Å². The number of nitrogens with one attached hydrogen (secondary N) is 2. The third-order valence-electron chi connectivity index (χ3n) is 2.62. The van der Waals surface area contributed by atoms with Crippen LogP contribution in [0.15, 0.2) is 18.2 Å². The highest BCUT2D eigenvalue weighted by Crippen LogP contribution is 2.17. The Bertz CT molecular complexity index is 500. The van der Waals surface area contributed by atoms with Crippen molar-refractivity contribution in [2.24, 2.45) is 0 Å². The molecule has 0 saturated heterocycles.